The smallest absolute Gasteiger partial charge is 0.380 e. The molecule has 0 unspecified atom stereocenters. The molecule has 8 aromatic heterocycles. The van der Waals surface area contributed by atoms with Gasteiger partial charge in [0.25, 0.3) is 0 Å². The first-order valence-electron chi connectivity index (χ1n) is 41.8. The van der Waals surface area contributed by atoms with Gasteiger partial charge in [-0.1, -0.05) is 209 Å². The number of alkyl halides is 12. The number of hydrogen-bond donors (Lipinski definition) is 2. The summed E-state index contributed by atoms with van der Waals surface area (Å²) in [5, 5.41) is 27.8. The Labute approximate surface area is 787 Å². The third-order valence-electron chi connectivity index (χ3n) is 22.3. The van der Waals surface area contributed by atoms with Gasteiger partial charge in [-0.25, -0.2) is 0 Å². The Morgan fingerprint density at radius 3 is 0.917 bits per heavy atom. The first kappa shape index (κ1) is 106. The van der Waals surface area contributed by atoms with Crippen LogP contribution in [0.15, 0.2) is 140 Å². The lowest BCUT2D eigenvalue weighted by Crippen LogP contribution is -2.48. The molecule has 12 nitrogen and oxygen atoms in total. The van der Waals surface area contributed by atoms with Gasteiger partial charge >= 0.3 is 59.4 Å². The van der Waals surface area contributed by atoms with E-state index in [1.54, 1.807) is 48.5 Å². The van der Waals surface area contributed by atoms with Crippen LogP contribution in [-0.4, -0.2) is 94.2 Å². The average Bonchev–Trinajstić information content (AvgIpc) is 1.52. The van der Waals surface area contributed by atoms with E-state index in [2.05, 4.69) is 30.4 Å². The number of esters is 4. The summed E-state index contributed by atoms with van der Waals surface area (Å²) >= 11 is 7.25. The highest BCUT2D eigenvalue weighted by molar-refractivity contribution is 7.27. The number of fused-ring (bicyclic) bond motifs is 2. The first-order chi connectivity index (χ1) is 59.8. The van der Waals surface area contributed by atoms with Crippen molar-refractivity contribution < 1.29 is 105 Å². The molecule has 0 radical (unpaired) electrons. The second-order valence-electron chi connectivity index (χ2n) is 38.2. The number of thiophene rings is 6. The van der Waals surface area contributed by atoms with Crippen molar-refractivity contribution in [2.24, 2.45) is 0 Å². The molecule has 0 bridgehead atoms. The summed E-state index contributed by atoms with van der Waals surface area (Å²) in [5.41, 5.74) is -5.71. The van der Waals surface area contributed by atoms with E-state index in [0.29, 0.717) is 29.3 Å². The second-order valence-corrected chi connectivity index (χ2v) is 44.0. The number of ether oxygens (including phenoxy) is 3. The number of phenols is 2. The van der Waals surface area contributed by atoms with Crippen LogP contribution in [0, 0.1) is 0 Å². The van der Waals surface area contributed by atoms with Gasteiger partial charge in [0, 0.05) is 136 Å². The minimum atomic E-state index is -5.92. The summed E-state index contributed by atoms with van der Waals surface area (Å²) in [4.78, 5) is 49.8. The SMILES string of the molecule is C.C.CC(=O)OC(C)=O.CC(=O)Oc1cc2oc(-c3ccc(C(C)(C)C)cc3)c(C3=C(c4cc(-c5cc(C(C)(C)C)cs5)sc4-c4cc(C(C)(C)C)cs4)C(F)(F)C(F)(F)C3(F)F)c2cc1OC(C)=O.CC(C)(C)c1ccc(-c2oc3cc(O)c(O)cc3c2C2=C(c3cc(-c4cc(C(C)(C)C)cs4)sc3-c3cc(C(C)(C)C)cs3)C(F)(F)C(F)(F)C2(F)F)cc1.CCN(CC)CC. The number of benzene rings is 4. The molecule has 712 valence electrons. The maximum atomic E-state index is 17.1. The fourth-order valence-electron chi connectivity index (χ4n) is 14.7. The van der Waals surface area contributed by atoms with Crippen molar-refractivity contribution in [1.29, 1.82) is 0 Å². The van der Waals surface area contributed by atoms with Gasteiger partial charge in [-0.2, -0.15) is 52.7 Å². The van der Waals surface area contributed by atoms with Crippen LogP contribution in [0.1, 0.15) is 244 Å². The van der Waals surface area contributed by atoms with Crippen molar-refractivity contribution >= 4 is 136 Å². The van der Waals surface area contributed by atoms with Crippen LogP contribution in [0.5, 0.6) is 23.0 Å². The molecule has 2 aliphatic carbocycles. The van der Waals surface area contributed by atoms with Crippen molar-refractivity contribution in [2.45, 2.75) is 256 Å². The topological polar surface area (TPSA) is 166 Å². The molecule has 2 aliphatic rings. The lowest BCUT2D eigenvalue weighted by atomic mass is 9.86. The van der Waals surface area contributed by atoms with Gasteiger partial charge in [-0.05, 0) is 156 Å². The summed E-state index contributed by atoms with van der Waals surface area (Å²) in [5.74, 6) is -39.4. The van der Waals surface area contributed by atoms with Crippen molar-refractivity contribution in [3.63, 3.8) is 0 Å². The van der Waals surface area contributed by atoms with Crippen molar-refractivity contribution in [2.75, 3.05) is 19.6 Å². The molecule has 0 fully saturated rings. The number of rotatable bonds is 15. The Balaban J connectivity index is 0.000000256. The number of phenolic OH excluding ortho intramolecular Hbond substituents is 2. The summed E-state index contributed by atoms with van der Waals surface area (Å²) < 4.78 is 227. The molecular weight excluding hydrogens is 1840 g/mol. The van der Waals surface area contributed by atoms with Gasteiger partial charge in [-0.3, -0.25) is 19.2 Å². The third kappa shape index (κ3) is 20.7. The van der Waals surface area contributed by atoms with E-state index in [9.17, 15) is 29.4 Å². The van der Waals surface area contributed by atoms with E-state index in [4.69, 9.17) is 18.3 Å². The molecule has 12 aromatic rings. The molecule has 14 rings (SSSR count). The lowest BCUT2D eigenvalue weighted by molar-refractivity contribution is -0.254. The van der Waals surface area contributed by atoms with Crippen LogP contribution >= 0.6 is 68.0 Å². The quantitative estimate of drug-likeness (QED) is 0.0328. The highest BCUT2D eigenvalue weighted by atomic mass is 32.1. The van der Waals surface area contributed by atoms with Crippen LogP contribution in [0.2, 0.25) is 0 Å². The largest absolute Gasteiger partial charge is 0.504 e. The summed E-state index contributed by atoms with van der Waals surface area (Å²) in [7, 11) is 0. The number of furan rings is 2. The minimum Gasteiger partial charge on any atom is -0.504 e. The van der Waals surface area contributed by atoms with Crippen molar-refractivity contribution in [3.05, 3.63) is 186 Å². The molecule has 0 atom stereocenters. The number of allylic oxidation sites excluding steroid dienone is 4. The van der Waals surface area contributed by atoms with E-state index in [0.717, 1.165) is 94.2 Å². The molecule has 0 amide bonds. The predicted molar refractivity (Wildman–Crippen MR) is 516 cm³/mol. The molecule has 2 N–H and O–H groups in total. The third-order valence-corrected chi connectivity index (χ3v) is 29.1. The Kier molecular flexibility index (Phi) is 30.5. The van der Waals surface area contributed by atoms with Gasteiger partial charge in [-0.15, -0.1) is 68.0 Å². The number of carbonyl (C=O) groups excluding carboxylic acids is 4. The van der Waals surface area contributed by atoms with E-state index in [1.165, 1.54) is 103 Å². The van der Waals surface area contributed by atoms with Crippen LogP contribution in [0.25, 0.3) is 106 Å². The predicted octanol–water partition coefficient (Wildman–Crippen LogP) is 32.7. The van der Waals surface area contributed by atoms with Crippen LogP contribution in [0.3, 0.4) is 0 Å². The maximum Gasteiger partial charge on any atom is 0.380 e. The Hall–Kier alpha value is -9.56. The van der Waals surface area contributed by atoms with E-state index in [-0.39, 0.29) is 95.9 Å². The van der Waals surface area contributed by atoms with Gasteiger partial charge in [0.15, 0.2) is 23.0 Å². The van der Waals surface area contributed by atoms with Crippen molar-refractivity contribution in [1.82, 2.24) is 4.90 Å². The summed E-state index contributed by atoms with van der Waals surface area (Å²) in [6.45, 7) is 50.2. The monoisotopic (exact) mass is 1950 g/mol. The number of aromatic hydroxyl groups is 2. The summed E-state index contributed by atoms with van der Waals surface area (Å²) in [6.07, 6.45) is 0. The summed E-state index contributed by atoms with van der Waals surface area (Å²) in [6, 6.07) is 26.9. The van der Waals surface area contributed by atoms with E-state index in [1.807, 2.05) is 158 Å². The van der Waals surface area contributed by atoms with E-state index < -0.39 is 133 Å². The van der Waals surface area contributed by atoms with Crippen LogP contribution in [0.4, 0.5) is 52.7 Å². The fraction of sp³-hybridized carbons (Fsp3) is 0.412. The fourth-order valence-corrected chi connectivity index (χ4v) is 22.0. The van der Waals surface area contributed by atoms with Gasteiger partial charge in [0.1, 0.15) is 22.7 Å². The lowest BCUT2D eigenvalue weighted by Gasteiger charge is -2.26. The van der Waals surface area contributed by atoms with Gasteiger partial charge in [0.05, 0.1) is 9.75 Å². The van der Waals surface area contributed by atoms with Crippen LogP contribution in [-0.2, 0) is 56.4 Å². The Bertz CT molecular complexity index is 6330. The molecule has 8 heterocycles. The number of nitrogens with zero attached hydrogens (tertiary/aromatic N) is 1. The standard InChI is InChI=1S/C47H44F6O5S3.C43H40F6O3S3.C6H15N.C4H6O3.2CH4/c1-23(54)56-32-18-29-31(20-33(32)57-24(2)55)58-40(25-12-14-26(15-13-25)42(3,4)5)37(29)39-38(45(48,49)47(52,53)46(39,50)51)30-19-35(34-16-27(21-59-34)43(6,7)8)61-41(30)36-17-28(22-60-36)44(9,10)11;1-38(2,3)22-12-10-21(11-13-22)36-33(25-16-27(50)28(51)18-29(25)52-36)35-34(41(44,45)43(48,49)42(35,46)47)26-17-31(30-14-23(19-53-30)39(4,5)6)55-37(26)32-15-24(20-54-32)40(7,8)9;1-4-7(5-2)6-3;1-3(5)7-4(2)6;;/h12-22H,1-11H3;10-20,50-51H,1-9H3;4-6H2,1-3H3;1-2H3;2*1H4. The Morgan fingerprint density at radius 2 is 0.636 bits per heavy atom. The molecule has 0 spiro atoms. The second kappa shape index (κ2) is 38.0. The normalized spacial score (nSPS) is 15.7. The molecular formula is C102H113F12NO11S6. The number of carbonyl (C=O) groups is 4. The number of hydrogen-bond acceptors (Lipinski definition) is 18. The molecule has 132 heavy (non-hydrogen) atoms. The maximum absolute atomic E-state index is 17.1. The first-order valence-corrected chi connectivity index (χ1v) is 46.9. The zero-order valence-electron chi connectivity index (χ0n) is 76.8. The van der Waals surface area contributed by atoms with Gasteiger partial charge in [0.2, 0.25) is 0 Å². The number of halogens is 12. The average molecular weight is 1950 g/mol. The molecule has 0 saturated carbocycles. The molecule has 0 saturated heterocycles. The van der Waals surface area contributed by atoms with E-state index >= 15 is 52.7 Å². The molecule has 4 aromatic carbocycles. The Morgan fingerprint density at radius 1 is 0.356 bits per heavy atom. The van der Waals surface area contributed by atoms with Crippen LogP contribution < -0.4 is 9.47 Å². The molecule has 30 heteroatoms. The minimum absolute atomic E-state index is 0. The highest BCUT2D eigenvalue weighted by Crippen LogP contribution is 2.71. The van der Waals surface area contributed by atoms with Crippen molar-refractivity contribution in [3.8, 4) is 84.7 Å². The highest BCUT2D eigenvalue weighted by Gasteiger charge is 2.82. The van der Waals surface area contributed by atoms with Gasteiger partial charge < -0.3 is 38.2 Å². The zero-order chi connectivity index (χ0) is 97.0. The zero-order valence-corrected chi connectivity index (χ0v) is 81.7. The molecule has 0 aliphatic heterocycles.